The van der Waals surface area contributed by atoms with Gasteiger partial charge in [0.05, 0.1) is 5.41 Å². The monoisotopic (exact) mass is 944 g/mol. The number of pyridine rings is 1. The van der Waals surface area contributed by atoms with Gasteiger partial charge in [0.15, 0.2) is 17.5 Å². The quantitative estimate of drug-likeness (QED) is 0.137. The number of aromatic nitrogens is 4. The Morgan fingerprint density at radius 2 is 0.676 bits per heavy atom. The molecule has 0 saturated heterocycles. The Balaban J connectivity index is 0.985. The first-order chi connectivity index (χ1) is 36.6. The Morgan fingerprint density at radius 1 is 0.270 bits per heavy atom. The summed E-state index contributed by atoms with van der Waals surface area (Å²) in [6.45, 7) is 2.01. The third kappa shape index (κ3) is 7.90. The van der Waals surface area contributed by atoms with Crippen molar-refractivity contribution in [2.24, 2.45) is 0 Å². The summed E-state index contributed by atoms with van der Waals surface area (Å²) in [5, 5.41) is 0. The normalized spacial score (nSPS) is 12.2. The van der Waals surface area contributed by atoms with E-state index in [1.165, 1.54) is 38.9 Å². The molecule has 1 aliphatic carbocycles. The Kier molecular flexibility index (Phi) is 11.3. The molecule has 0 spiro atoms. The summed E-state index contributed by atoms with van der Waals surface area (Å²) in [4.78, 5) is 20.6. The number of rotatable bonds is 10. The van der Waals surface area contributed by atoms with Crippen LogP contribution < -0.4 is 0 Å². The van der Waals surface area contributed by atoms with E-state index in [0.717, 1.165) is 72.5 Å². The van der Waals surface area contributed by atoms with Crippen LogP contribution in [0.15, 0.2) is 273 Å². The summed E-state index contributed by atoms with van der Waals surface area (Å²) in [5.41, 5.74) is 21.7. The lowest BCUT2D eigenvalue weighted by molar-refractivity contribution is 0.768. The lowest BCUT2D eigenvalue weighted by Crippen LogP contribution is -2.28. The van der Waals surface area contributed by atoms with Gasteiger partial charge in [-0.05, 0) is 115 Å². The van der Waals surface area contributed by atoms with Crippen LogP contribution >= 0.6 is 0 Å². The molecule has 0 amide bonds. The molecule has 74 heavy (non-hydrogen) atoms. The molecule has 0 radical (unpaired) electrons. The predicted molar refractivity (Wildman–Crippen MR) is 303 cm³/mol. The minimum Gasteiger partial charge on any atom is -0.261 e. The molecule has 2 heterocycles. The first kappa shape index (κ1) is 44.3. The number of fused-ring (bicyclic) bond motifs is 3. The second-order valence-electron chi connectivity index (χ2n) is 19.0. The van der Waals surface area contributed by atoms with Crippen molar-refractivity contribution in [3.05, 3.63) is 301 Å². The Labute approximate surface area is 432 Å². The van der Waals surface area contributed by atoms with Gasteiger partial charge < -0.3 is 0 Å². The first-order valence-corrected chi connectivity index (χ1v) is 25.2. The molecule has 12 aromatic rings. The van der Waals surface area contributed by atoms with Crippen LogP contribution in [0.1, 0.15) is 27.9 Å². The summed E-state index contributed by atoms with van der Waals surface area (Å²) < 4.78 is 0. The maximum Gasteiger partial charge on any atom is 0.164 e. The molecule has 348 valence electrons. The molecular formula is C70H48N4. The predicted octanol–water partition coefficient (Wildman–Crippen LogP) is 17.3. The summed E-state index contributed by atoms with van der Waals surface area (Å²) in [5.74, 6) is 1.79. The van der Waals surface area contributed by atoms with E-state index in [1.807, 2.05) is 19.2 Å². The highest BCUT2D eigenvalue weighted by Crippen LogP contribution is 2.56. The summed E-state index contributed by atoms with van der Waals surface area (Å²) >= 11 is 0. The maximum atomic E-state index is 5.39. The van der Waals surface area contributed by atoms with E-state index in [1.54, 1.807) is 0 Å². The fourth-order valence-electron chi connectivity index (χ4n) is 11.0. The Morgan fingerprint density at radius 3 is 1.20 bits per heavy atom. The standard InChI is InChI=1S/C70H48N4/c1-47-31-32-56(46-71-47)49-33-37-53(38-34-49)67-72-68(74-69(73-67)55-41-42-61-60-29-17-18-30-64(60)70(65(61)45-55,58-25-13-5-14-26-58)59-27-15-6-16-28-59)54-39-35-52(36-40-54)66-62(50-21-9-3-10-22-50)43-57(48-19-7-2-8-20-48)44-63(66)51-23-11-4-12-24-51/h2-46H,1H3. The molecule has 13 rings (SSSR count). The van der Waals surface area contributed by atoms with Crippen molar-refractivity contribution in [1.82, 2.24) is 19.9 Å². The Hall–Kier alpha value is -9.64. The summed E-state index contributed by atoms with van der Waals surface area (Å²) in [6, 6.07) is 95.6. The SMILES string of the molecule is Cc1ccc(-c2ccc(-c3nc(-c4ccc(-c5c(-c6ccccc6)cc(-c6ccccc6)cc5-c5ccccc5)cc4)nc(-c4ccc5c(c4)C(c4ccccc4)(c4ccccc4)c4ccccc4-5)n3)cc2)cn1. The fourth-order valence-corrected chi connectivity index (χ4v) is 11.0. The van der Waals surface area contributed by atoms with Crippen molar-refractivity contribution < 1.29 is 0 Å². The van der Waals surface area contributed by atoms with Crippen LogP contribution in [0, 0.1) is 6.92 Å². The third-order valence-corrected chi connectivity index (χ3v) is 14.6. The molecule has 10 aromatic carbocycles. The van der Waals surface area contributed by atoms with Gasteiger partial charge in [-0.25, -0.2) is 15.0 Å². The zero-order valence-electron chi connectivity index (χ0n) is 40.8. The van der Waals surface area contributed by atoms with Gasteiger partial charge in [0, 0.05) is 34.1 Å². The van der Waals surface area contributed by atoms with Crippen LogP contribution in [0.25, 0.3) is 101 Å². The van der Waals surface area contributed by atoms with Crippen LogP contribution in [0.3, 0.4) is 0 Å². The van der Waals surface area contributed by atoms with Gasteiger partial charge in [0.1, 0.15) is 0 Å². The molecule has 0 unspecified atom stereocenters. The van der Waals surface area contributed by atoms with Crippen molar-refractivity contribution >= 4 is 0 Å². The molecule has 0 N–H and O–H groups in total. The zero-order valence-corrected chi connectivity index (χ0v) is 40.8. The highest BCUT2D eigenvalue weighted by atomic mass is 15.0. The van der Waals surface area contributed by atoms with Gasteiger partial charge in [-0.3, -0.25) is 4.98 Å². The number of nitrogens with zero attached hydrogens (tertiary/aromatic N) is 4. The molecule has 2 aromatic heterocycles. The van der Waals surface area contributed by atoms with Gasteiger partial charge in [0.25, 0.3) is 0 Å². The van der Waals surface area contributed by atoms with E-state index in [-0.39, 0.29) is 0 Å². The molecule has 4 heteroatoms. The van der Waals surface area contributed by atoms with Crippen LogP contribution in [-0.4, -0.2) is 19.9 Å². The van der Waals surface area contributed by atoms with Crippen molar-refractivity contribution in [2.45, 2.75) is 12.3 Å². The molecule has 0 saturated carbocycles. The van der Waals surface area contributed by atoms with E-state index in [2.05, 4.69) is 266 Å². The highest BCUT2D eigenvalue weighted by molar-refractivity contribution is 5.98. The maximum absolute atomic E-state index is 5.39. The van der Waals surface area contributed by atoms with E-state index in [4.69, 9.17) is 15.0 Å². The molecule has 0 atom stereocenters. The van der Waals surface area contributed by atoms with Gasteiger partial charge in [-0.1, -0.05) is 243 Å². The third-order valence-electron chi connectivity index (χ3n) is 14.6. The lowest BCUT2D eigenvalue weighted by atomic mass is 9.67. The second kappa shape index (κ2) is 18.8. The molecule has 0 aliphatic heterocycles. The van der Waals surface area contributed by atoms with E-state index >= 15 is 0 Å². The zero-order chi connectivity index (χ0) is 49.4. The van der Waals surface area contributed by atoms with Crippen molar-refractivity contribution in [2.75, 3.05) is 0 Å². The largest absolute Gasteiger partial charge is 0.261 e. The fraction of sp³-hybridized carbons (Fsp3) is 0.0286. The molecular weight excluding hydrogens is 897 g/mol. The lowest BCUT2D eigenvalue weighted by Gasteiger charge is -2.34. The summed E-state index contributed by atoms with van der Waals surface area (Å²) in [6.07, 6.45) is 1.92. The smallest absolute Gasteiger partial charge is 0.164 e. The van der Waals surface area contributed by atoms with Gasteiger partial charge in [-0.15, -0.1) is 0 Å². The van der Waals surface area contributed by atoms with Gasteiger partial charge in [-0.2, -0.15) is 0 Å². The van der Waals surface area contributed by atoms with Crippen LogP contribution in [0.4, 0.5) is 0 Å². The highest BCUT2D eigenvalue weighted by Gasteiger charge is 2.46. The number of hydrogen-bond acceptors (Lipinski definition) is 4. The van der Waals surface area contributed by atoms with Crippen LogP contribution in [0.2, 0.25) is 0 Å². The topological polar surface area (TPSA) is 51.6 Å². The van der Waals surface area contributed by atoms with E-state index in [9.17, 15) is 0 Å². The molecule has 4 nitrogen and oxygen atoms in total. The van der Waals surface area contributed by atoms with Crippen LogP contribution in [0.5, 0.6) is 0 Å². The number of aryl methyl sites for hydroxylation is 1. The van der Waals surface area contributed by atoms with Gasteiger partial charge >= 0.3 is 0 Å². The minimum absolute atomic E-state index is 0.573. The summed E-state index contributed by atoms with van der Waals surface area (Å²) in [7, 11) is 0. The average molecular weight is 945 g/mol. The average Bonchev–Trinajstić information content (AvgIpc) is 3.79. The number of hydrogen-bond donors (Lipinski definition) is 0. The molecule has 1 aliphatic rings. The van der Waals surface area contributed by atoms with Crippen molar-refractivity contribution in [1.29, 1.82) is 0 Å². The van der Waals surface area contributed by atoms with E-state index in [0.29, 0.717) is 17.5 Å². The number of benzene rings is 10. The Bertz CT molecular complexity index is 3850. The minimum atomic E-state index is -0.573. The molecule has 0 bridgehead atoms. The van der Waals surface area contributed by atoms with Crippen LogP contribution in [-0.2, 0) is 5.41 Å². The second-order valence-corrected chi connectivity index (χ2v) is 19.0. The first-order valence-electron chi connectivity index (χ1n) is 25.2. The van der Waals surface area contributed by atoms with Gasteiger partial charge in [0.2, 0.25) is 0 Å². The van der Waals surface area contributed by atoms with Crippen molar-refractivity contribution in [3.63, 3.8) is 0 Å². The van der Waals surface area contributed by atoms with E-state index < -0.39 is 5.41 Å². The van der Waals surface area contributed by atoms with Crippen molar-refractivity contribution in [3.8, 4) is 101 Å². The molecule has 0 fully saturated rings.